The fourth-order valence-corrected chi connectivity index (χ4v) is 5.05. The molecule has 2 aliphatic rings. The Morgan fingerprint density at radius 3 is 2.50 bits per heavy atom. The number of anilines is 2. The summed E-state index contributed by atoms with van der Waals surface area (Å²) in [7, 11) is 1.96. The monoisotopic (exact) mass is 450 g/mol. The van der Waals surface area contributed by atoms with E-state index in [1.165, 1.54) is 0 Å². The van der Waals surface area contributed by atoms with Gasteiger partial charge in [-0.1, -0.05) is 36.4 Å². The second-order valence-corrected chi connectivity index (χ2v) is 8.61. The highest BCUT2D eigenvalue weighted by atomic mass is 16.2. The van der Waals surface area contributed by atoms with Crippen molar-refractivity contribution in [2.24, 2.45) is 7.05 Å². The van der Waals surface area contributed by atoms with Crippen molar-refractivity contribution in [3.63, 3.8) is 0 Å². The molecule has 1 atom stereocenters. The first-order valence-electron chi connectivity index (χ1n) is 11.2. The van der Waals surface area contributed by atoms with Crippen LogP contribution >= 0.6 is 0 Å². The molecule has 168 valence electrons. The number of benzene rings is 3. The molecule has 3 heterocycles. The van der Waals surface area contributed by atoms with Crippen LogP contribution in [-0.2, 0) is 11.8 Å². The molecule has 6 rings (SSSR count). The van der Waals surface area contributed by atoms with Crippen molar-refractivity contribution < 1.29 is 14.4 Å². The molecule has 3 amide bonds. The first-order valence-corrected chi connectivity index (χ1v) is 11.2. The van der Waals surface area contributed by atoms with E-state index in [9.17, 15) is 14.4 Å². The lowest BCUT2D eigenvalue weighted by atomic mass is 10.0. The summed E-state index contributed by atoms with van der Waals surface area (Å²) in [5, 5.41) is 3.95. The average Bonchev–Trinajstić information content (AvgIpc) is 3.38. The van der Waals surface area contributed by atoms with Gasteiger partial charge in [-0.3, -0.25) is 19.3 Å². The first kappa shape index (κ1) is 20.2. The number of nitrogens with one attached hydrogen (secondary N) is 1. The van der Waals surface area contributed by atoms with E-state index in [1.807, 2.05) is 66.3 Å². The van der Waals surface area contributed by atoms with Crippen molar-refractivity contribution in [2.75, 3.05) is 16.8 Å². The maximum Gasteiger partial charge on any atom is 0.260 e. The van der Waals surface area contributed by atoms with Crippen molar-refractivity contribution in [1.29, 1.82) is 0 Å². The molecule has 0 bridgehead atoms. The highest BCUT2D eigenvalue weighted by Gasteiger charge is 2.47. The third kappa shape index (κ3) is 2.94. The Balaban J connectivity index is 1.30. The van der Waals surface area contributed by atoms with Crippen molar-refractivity contribution in [3.05, 3.63) is 95.7 Å². The van der Waals surface area contributed by atoms with E-state index in [-0.39, 0.29) is 30.7 Å². The Morgan fingerprint density at radius 2 is 1.65 bits per heavy atom. The number of nitrogens with zero attached hydrogens (tertiary/aromatic N) is 3. The van der Waals surface area contributed by atoms with Gasteiger partial charge in [-0.05, 0) is 36.4 Å². The van der Waals surface area contributed by atoms with E-state index in [0.717, 1.165) is 22.2 Å². The van der Waals surface area contributed by atoms with Crippen LogP contribution in [0.3, 0.4) is 0 Å². The van der Waals surface area contributed by atoms with Gasteiger partial charge in [-0.25, -0.2) is 0 Å². The molecule has 7 heteroatoms. The molecule has 0 radical (unpaired) electrons. The van der Waals surface area contributed by atoms with Gasteiger partial charge < -0.3 is 14.8 Å². The SMILES string of the molecule is Cn1ccc2c(NC(=O)CCN3C(=O)c4ccccc4N4C(=O)c5ccccc5[C@@H]34)cccc21. The van der Waals surface area contributed by atoms with Gasteiger partial charge in [0.25, 0.3) is 11.8 Å². The van der Waals surface area contributed by atoms with Gasteiger partial charge >= 0.3 is 0 Å². The molecule has 7 nitrogen and oxygen atoms in total. The molecule has 0 fully saturated rings. The predicted molar refractivity (Wildman–Crippen MR) is 130 cm³/mol. The van der Waals surface area contributed by atoms with Gasteiger partial charge in [0.05, 0.1) is 16.9 Å². The second kappa shape index (κ2) is 7.59. The van der Waals surface area contributed by atoms with Crippen LogP contribution in [-0.4, -0.2) is 33.7 Å². The molecule has 0 saturated heterocycles. The van der Waals surface area contributed by atoms with E-state index in [1.54, 1.807) is 34.1 Å². The van der Waals surface area contributed by atoms with Gasteiger partial charge in [0, 0.05) is 48.2 Å². The minimum Gasteiger partial charge on any atom is -0.350 e. The third-order valence-corrected chi connectivity index (χ3v) is 6.66. The minimum atomic E-state index is -0.559. The van der Waals surface area contributed by atoms with Crippen LogP contribution < -0.4 is 10.2 Å². The highest BCUT2D eigenvalue weighted by molar-refractivity contribution is 6.16. The lowest BCUT2D eigenvalue weighted by Crippen LogP contribution is -2.49. The number of aryl methyl sites for hydroxylation is 1. The molecule has 0 unspecified atom stereocenters. The van der Waals surface area contributed by atoms with Crippen LogP contribution in [0.1, 0.15) is 38.9 Å². The number of fused-ring (bicyclic) bond motifs is 6. The minimum absolute atomic E-state index is 0.109. The van der Waals surface area contributed by atoms with E-state index in [0.29, 0.717) is 16.8 Å². The maximum absolute atomic E-state index is 13.5. The topological polar surface area (TPSA) is 74.7 Å². The fraction of sp³-hybridized carbons (Fsp3) is 0.148. The first-order chi connectivity index (χ1) is 16.5. The smallest absolute Gasteiger partial charge is 0.260 e. The third-order valence-electron chi connectivity index (χ3n) is 6.66. The molecule has 0 spiro atoms. The summed E-state index contributed by atoms with van der Waals surface area (Å²) in [4.78, 5) is 43.0. The largest absolute Gasteiger partial charge is 0.350 e. The number of para-hydroxylation sites is 1. The molecule has 1 N–H and O–H groups in total. The number of hydrogen-bond acceptors (Lipinski definition) is 3. The Kier molecular flexibility index (Phi) is 4.52. The van der Waals surface area contributed by atoms with E-state index in [2.05, 4.69) is 5.32 Å². The zero-order valence-electron chi connectivity index (χ0n) is 18.6. The predicted octanol–water partition coefficient (Wildman–Crippen LogP) is 4.32. The van der Waals surface area contributed by atoms with Crippen molar-refractivity contribution in [3.8, 4) is 0 Å². The Labute approximate surface area is 196 Å². The molecule has 4 aromatic rings. The van der Waals surface area contributed by atoms with Crippen LogP contribution in [0, 0.1) is 0 Å². The summed E-state index contributed by atoms with van der Waals surface area (Å²) in [5.74, 6) is -0.503. The lowest BCUT2D eigenvalue weighted by molar-refractivity contribution is -0.116. The zero-order valence-corrected chi connectivity index (χ0v) is 18.6. The number of carbonyl (C=O) groups is 3. The van der Waals surface area contributed by atoms with Crippen LogP contribution in [0.25, 0.3) is 10.9 Å². The number of aromatic nitrogens is 1. The van der Waals surface area contributed by atoms with Crippen molar-refractivity contribution in [2.45, 2.75) is 12.6 Å². The summed E-state index contributed by atoms with van der Waals surface area (Å²) in [6, 6.07) is 22.2. The molecular formula is C27H22N4O3. The van der Waals surface area contributed by atoms with Crippen molar-refractivity contribution >= 4 is 40.0 Å². The van der Waals surface area contributed by atoms with Crippen LogP contribution in [0.4, 0.5) is 11.4 Å². The standard InChI is InChI=1S/C27H22N4O3/c1-29-15-13-19-21(10-6-12-22(19)29)28-24(32)14-16-30-25-17-7-2-3-8-18(17)27(34)31(25)23-11-5-4-9-20(23)26(30)33/h2-13,15,25H,14,16H2,1H3,(H,28,32)/t25-/m0/s1. The molecule has 0 saturated carbocycles. The highest BCUT2D eigenvalue weighted by Crippen LogP contribution is 2.45. The summed E-state index contributed by atoms with van der Waals surface area (Å²) >= 11 is 0. The van der Waals surface area contributed by atoms with Gasteiger partial charge in [0.15, 0.2) is 0 Å². The average molecular weight is 450 g/mol. The summed E-state index contributed by atoms with van der Waals surface area (Å²) < 4.78 is 2.00. The Hall–Kier alpha value is -4.39. The van der Waals surface area contributed by atoms with Gasteiger partial charge in [0.2, 0.25) is 5.91 Å². The van der Waals surface area contributed by atoms with E-state index >= 15 is 0 Å². The lowest BCUT2D eigenvalue weighted by Gasteiger charge is -2.40. The van der Waals surface area contributed by atoms with Crippen molar-refractivity contribution in [1.82, 2.24) is 9.47 Å². The molecule has 2 aliphatic heterocycles. The normalized spacial score (nSPS) is 16.4. The Morgan fingerprint density at radius 1 is 0.882 bits per heavy atom. The molecule has 0 aliphatic carbocycles. The number of hydrogen-bond donors (Lipinski definition) is 1. The molecule has 34 heavy (non-hydrogen) atoms. The summed E-state index contributed by atoms with van der Waals surface area (Å²) in [6.45, 7) is 0.187. The number of carbonyl (C=O) groups excluding carboxylic acids is 3. The molecular weight excluding hydrogens is 428 g/mol. The van der Waals surface area contributed by atoms with E-state index < -0.39 is 6.17 Å². The van der Waals surface area contributed by atoms with E-state index in [4.69, 9.17) is 0 Å². The maximum atomic E-state index is 13.5. The summed E-state index contributed by atoms with van der Waals surface area (Å²) in [6.07, 6.45) is 1.50. The number of rotatable bonds is 4. The Bertz CT molecular complexity index is 1490. The van der Waals surface area contributed by atoms with Crippen LogP contribution in [0.5, 0.6) is 0 Å². The van der Waals surface area contributed by atoms with Gasteiger partial charge in [0.1, 0.15) is 6.17 Å². The quantitative estimate of drug-likeness (QED) is 0.503. The van der Waals surface area contributed by atoms with Gasteiger partial charge in [-0.15, -0.1) is 0 Å². The second-order valence-electron chi connectivity index (χ2n) is 8.61. The number of amides is 3. The molecule has 3 aromatic carbocycles. The van der Waals surface area contributed by atoms with Crippen LogP contribution in [0.15, 0.2) is 79.0 Å². The van der Waals surface area contributed by atoms with Gasteiger partial charge in [-0.2, -0.15) is 0 Å². The van der Waals surface area contributed by atoms with Crippen LogP contribution in [0.2, 0.25) is 0 Å². The fourth-order valence-electron chi connectivity index (χ4n) is 5.05. The molecule has 1 aromatic heterocycles. The summed E-state index contributed by atoms with van der Waals surface area (Å²) in [5.41, 5.74) is 4.20. The zero-order chi connectivity index (χ0) is 23.4.